The van der Waals surface area contributed by atoms with Crippen LogP contribution < -0.4 is 4.70 Å². The molecule has 0 spiro atoms. The summed E-state index contributed by atoms with van der Waals surface area (Å²) in [4.78, 5) is 27.8. The molecule has 0 saturated heterocycles. The van der Waals surface area contributed by atoms with Crippen molar-refractivity contribution in [3.63, 3.8) is 0 Å². The molecule has 0 amide bonds. The second-order valence-electron chi connectivity index (χ2n) is 11.0. The molecule has 2 heterocycles. The fourth-order valence-corrected chi connectivity index (χ4v) is 9.29. The van der Waals surface area contributed by atoms with Gasteiger partial charge in [-0.3, -0.25) is 9.59 Å². The van der Waals surface area contributed by atoms with Crippen molar-refractivity contribution in [1.82, 2.24) is 0 Å². The molecule has 8 aromatic rings. The molecule has 49 heavy (non-hydrogen) atoms. The fourth-order valence-electron chi connectivity index (χ4n) is 5.84. The van der Waals surface area contributed by atoms with Gasteiger partial charge in [-0.2, -0.15) is 0 Å². The monoisotopic (exact) mass is 810 g/mol. The molecule has 0 aliphatic carbocycles. The van der Waals surface area contributed by atoms with Gasteiger partial charge in [0.2, 0.25) is 0 Å². The van der Waals surface area contributed by atoms with Crippen molar-refractivity contribution in [3.8, 4) is 4.90 Å². The van der Waals surface area contributed by atoms with Gasteiger partial charge in [-0.15, -0.1) is 11.3 Å². The van der Waals surface area contributed by atoms with Gasteiger partial charge in [0.15, 0.2) is 25.9 Å². The molecule has 1 atom stereocenters. The maximum absolute atomic E-state index is 13.3. The first-order valence-corrected chi connectivity index (χ1v) is 21.5. The van der Waals surface area contributed by atoms with Crippen molar-refractivity contribution >= 4 is 94.0 Å². The standard InChI is InChI=1S/C38H23O2S2.6FH.Sb/c39-37(24-9-3-1-4-10-24)26-15-18-33-30(21-26)31-23-28(17-19-34(31)41-33)42-35-14-8-7-13-29(35)32-22-27(16-20-36(32)42)38(40)25-11-5-2-6-12-25;;;;;;;/h1-23H;6*1H;/q+1;;;;;;;+5/p-6. The number of hydrogen-bond acceptors (Lipinski definition) is 3. The third kappa shape index (κ3) is 7.27. The molecule has 6 aromatic carbocycles. The molecule has 0 bridgehead atoms. The topological polar surface area (TPSA) is 34.1 Å². The zero-order valence-corrected chi connectivity index (χ0v) is 29.3. The van der Waals surface area contributed by atoms with Crippen LogP contribution >= 0.6 is 21.8 Å². The molecule has 8 rings (SSSR count). The van der Waals surface area contributed by atoms with E-state index < -0.39 is 20.3 Å². The number of thiophene rings is 2. The van der Waals surface area contributed by atoms with Crippen LogP contribution in [0.25, 0.3) is 45.2 Å². The molecule has 11 heteroatoms. The summed E-state index contributed by atoms with van der Waals surface area (Å²) in [5.41, 5.74) is 2.80. The minimum atomic E-state index is -9.19. The van der Waals surface area contributed by atoms with Gasteiger partial charge in [0.1, 0.15) is 0 Å². The van der Waals surface area contributed by atoms with Crippen molar-refractivity contribution < 1.29 is 28.4 Å². The van der Waals surface area contributed by atoms with Crippen molar-refractivity contribution in [2.45, 2.75) is 0 Å². The second kappa shape index (κ2) is 13.1. The van der Waals surface area contributed by atoms with Gasteiger partial charge in [0, 0.05) is 69.7 Å². The number of hydrogen-bond donors (Lipinski definition) is 0. The third-order valence-corrected chi connectivity index (χ3v) is 11.3. The Balaban J connectivity index is 0.000000549. The first-order chi connectivity index (χ1) is 22.9. The van der Waals surface area contributed by atoms with Crippen molar-refractivity contribution in [1.29, 1.82) is 0 Å². The van der Waals surface area contributed by atoms with Gasteiger partial charge >= 0.3 is 34.4 Å². The van der Waals surface area contributed by atoms with Crippen LogP contribution in [0, 0.1) is 0 Å². The molecule has 0 N–H and O–H groups in total. The summed E-state index contributed by atoms with van der Waals surface area (Å²) in [7, 11) is -0.307. The Morgan fingerprint density at radius 1 is 0.469 bits per heavy atom. The molecule has 0 radical (unpaired) electrons. The van der Waals surface area contributed by atoms with E-state index in [4.69, 9.17) is 0 Å². The van der Waals surface area contributed by atoms with E-state index in [0.717, 1.165) is 10.8 Å². The molecule has 2 nitrogen and oxygen atoms in total. The number of carbonyl (C=O) groups excluding carboxylic acids is 2. The average Bonchev–Trinajstić information content (AvgIpc) is 3.61. The Bertz CT molecular complexity index is 2500. The van der Waals surface area contributed by atoms with Crippen LogP contribution in [0.3, 0.4) is 0 Å². The van der Waals surface area contributed by atoms with E-state index in [-0.39, 0.29) is 26.7 Å². The maximum atomic E-state index is 13.3. The molecule has 2 aromatic heterocycles. The van der Waals surface area contributed by atoms with E-state index in [9.17, 15) is 23.7 Å². The number of halogens is 6. The van der Waals surface area contributed by atoms with Gasteiger partial charge in [-0.05, 0) is 60.7 Å². The summed E-state index contributed by atoms with van der Waals surface area (Å²) in [5.74, 6) is 0.0732. The van der Waals surface area contributed by atoms with Gasteiger partial charge < -0.3 is 4.70 Å². The Morgan fingerprint density at radius 2 is 0.918 bits per heavy atom. The Labute approximate surface area is 287 Å². The van der Waals surface area contributed by atoms with Crippen LogP contribution in [0.5, 0.6) is 0 Å². The Kier molecular flexibility index (Phi) is 9.17. The molecule has 0 aliphatic rings. The van der Waals surface area contributed by atoms with Gasteiger partial charge in [0.05, 0.1) is 0 Å². The minimum absolute atomic E-state index is 0. The second-order valence-corrected chi connectivity index (χ2v) is 17.7. The van der Waals surface area contributed by atoms with Crippen LogP contribution in [0.1, 0.15) is 31.8 Å². The Morgan fingerprint density at radius 3 is 1.51 bits per heavy atom. The number of ketones is 2. The SMILES string of the molecule is O=C(c1ccccc1)c1ccc2sc3ccc(-[s+]4c5ccccc5c5cc(C(=O)c6ccccc6)ccc54)cc3c2c1.[F-].[F][Sb]([F])([F])([F])[F]. The molecule has 246 valence electrons. The molecular formula is C38H23F6O2S2Sb. The molecule has 0 aliphatic heterocycles. The van der Waals surface area contributed by atoms with E-state index >= 15 is 0 Å². The summed E-state index contributed by atoms with van der Waals surface area (Å²) in [6, 6.07) is 46.5. The molecular weight excluding hydrogens is 788 g/mol. The summed E-state index contributed by atoms with van der Waals surface area (Å²) in [6.07, 6.45) is 0. The van der Waals surface area contributed by atoms with Crippen LogP contribution in [0.15, 0.2) is 140 Å². The summed E-state index contributed by atoms with van der Waals surface area (Å²) in [5, 5.41) is 4.59. The molecule has 0 fully saturated rings. The van der Waals surface area contributed by atoms with Crippen LogP contribution in [0.4, 0.5) is 14.1 Å². The van der Waals surface area contributed by atoms with Crippen molar-refractivity contribution in [3.05, 3.63) is 162 Å². The van der Waals surface area contributed by atoms with Crippen molar-refractivity contribution in [2.75, 3.05) is 0 Å². The van der Waals surface area contributed by atoms with E-state index in [1.807, 2.05) is 72.8 Å². The van der Waals surface area contributed by atoms with Gasteiger partial charge in [0.25, 0.3) is 0 Å². The fraction of sp³-hybridized carbons (Fsp3) is 0. The summed E-state index contributed by atoms with van der Waals surface area (Å²) < 4.78 is 54.4. The number of benzene rings is 6. The third-order valence-electron chi connectivity index (χ3n) is 7.87. The zero-order valence-electron chi connectivity index (χ0n) is 25.1. The molecule has 0 saturated carbocycles. The van der Waals surface area contributed by atoms with Crippen LogP contribution in [0.2, 0.25) is 0 Å². The number of fused-ring (bicyclic) bond motifs is 6. The van der Waals surface area contributed by atoms with E-state index in [1.54, 1.807) is 11.3 Å². The van der Waals surface area contributed by atoms with E-state index in [0.29, 0.717) is 22.3 Å². The predicted molar refractivity (Wildman–Crippen MR) is 189 cm³/mol. The number of carbonyl (C=O) groups is 2. The quantitative estimate of drug-likeness (QED) is 0.0753. The molecule has 1 unspecified atom stereocenters. The number of rotatable bonds is 5. The first kappa shape index (κ1) is 34.4. The van der Waals surface area contributed by atoms with E-state index in [2.05, 4.69) is 66.7 Å². The summed E-state index contributed by atoms with van der Waals surface area (Å²) in [6.45, 7) is 0. The van der Waals surface area contributed by atoms with Crippen LogP contribution in [-0.2, 0) is 0 Å². The predicted octanol–water partition coefficient (Wildman–Crippen LogP) is 9.29. The average molecular weight is 811 g/mol. The summed E-state index contributed by atoms with van der Waals surface area (Å²) >= 11 is -7.43. The van der Waals surface area contributed by atoms with E-state index in [1.165, 1.54) is 34.5 Å². The van der Waals surface area contributed by atoms with Gasteiger partial charge in [-0.25, -0.2) is 0 Å². The van der Waals surface area contributed by atoms with Crippen molar-refractivity contribution in [2.24, 2.45) is 0 Å². The van der Waals surface area contributed by atoms with Crippen LogP contribution in [-0.4, -0.2) is 31.9 Å². The normalized spacial score (nSPS) is 12.6. The zero-order chi connectivity index (χ0) is 33.7. The first-order valence-electron chi connectivity index (χ1n) is 14.6. The van der Waals surface area contributed by atoms with Gasteiger partial charge in [-0.1, -0.05) is 72.8 Å². The Hall–Kier alpha value is -4.50.